The number of halogens is 4. The number of morpholine rings is 1. The van der Waals surface area contributed by atoms with E-state index in [-0.39, 0.29) is 30.1 Å². The minimum absolute atomic E-state index is 0.0408. The Balaban J connectivity index is 1.87. The number of anilines is 3. The number of hydrogen-bond donors (Lipinski definition) is 0. The highest BCUT2D eigenvalue weighted by Gasteiger charge is 2.46. The summed E-state index contributed by atoms with van der Waals surface area (Å²) in [7, 11) is 0. The van der Waals surface area contributed by atoms with E-state index in [1.54, 1.807) is 11.0 Å². The summed E-state index contributed by atoms with van der Waals surface area (Å²) in [5, 5.41) is 0.201. The molecule has 0 saturated carbocycles. The number of alkyl halides is 3. The van der Waals surface area contributed by atoms with Crippen molar-refractivity contribution >= 4 is 29.1 Å². The molecule has 2 aromatic heterocycles. The lowest BCUT2D eigenvalue weighted by molar-refractivity contribution is -0.170. The minimum Gasteiger partial charge on any atom is -0.377 e. The van der Waals surface area contributed by atoms with Gasteiger partial charge in [0.15, 0.2) is 0 Å². The van der Waals surface area contributed by atoms with Crippen LogP contribution in [-0.4, -0.2) is 53.1 Å². The number of fused-ring (bicyclic) bond motifs is 1. The van der Waals surface area contributed by atoms with Crippen molar-refractivity contribution in [2.24, 2.45) is 0 Å². The summed E-state index contributed by atoms with van der Waals surface area (Å²) in [6.07, 6.45) is -3.37. The molecule has 0 aromatic carbocycles. The second-order valence-corrected chi connectivity index (χ2v) is 7.46. The van der Waals surface area contributed by atoms with Crippen molar-refractivity contribution in [1.29, 1.82) is 0 Å². The zero-order valence-corrected chi connectivity index (χ0v) is 16.3. The van der Waals surface area contributed by atoms with Crippen molar-refractivity contribution in [2.75, 3.05) is 36.1 Å². The van der Waals surface area contributed by atoms with E-state index in [0.717, 1.165) is 4.57 Å². The molecule has 0 N–H and O–H groups in total. The fourth-order valence-corrected chi connectivity index (χ4v) is 3.93. The van der Waals surface area contributed by atoms with Crippen LogP contribution in [0.1, 0.15) is 19.4 Å². The Morgan fingerprint density at radius 3 is 2.76 bits per heavy atom. The lowest BCUT2D eigenvalue weighted by atomic mass is 10.1. The zero-order chi connectivity index (χ0) is 20.8. The lowest BCUT2D eigenvalue weighted by Crippen LogP contribution is -2.47. The number of ether oxygens (including phenoxy) is 1. The van der Waals surface area contributed by atoms with E-state index in [4.69, 9.17) is 16.3 Å². The van der Waals surface area contributed by atoms with E-state index in [0.29, 0.717) is 31.3 Å². The van der Waals surface area contributed by atoms with Gasteiger partial charge in [-0.2, -0.15) is 18.2 Å². The molecule has 1 saturated heterocycles. The smallest absolute Gasteiger partial charge is 0.377 e. The summed E-state index contributed by atoms with van der Waals surface area (Å²) in [5.41, 5.74) is -0.214. The quantitative estimate of drug-likeness (QED) is 0.683. The van der Waals surface area contributed by atoms with Gasteiger partial charge in [0.2, 0.25) is 5.95 Å². The van der Waals surface area contributed by atoms with Crippen LogP contribution in [0.4, 0.5) is 30.6 Å². The third-order valence-corrected chi connectivity index (χ3v) is 5.37. The Morgan fingerprint density at radius 1 is 1.28 bits per heavy atom. The highest BCUT2D eigenvalue weighted by molar-refractivity contribution is 6.29. The summed E-state index contributed by atoms with van der Waals surface area (Å²) < 4.78 is 47.1. The van der Waals surface area contributed by atoms with Gasteiger partial charge in [-0.3, -0.25) is 9.36 Å². The molecule has 2 atom stereocenters. The average molecular weight is 430 g/mol. The fraction of sp³-hybridized carbons (Fsp3) is 0.500. The predicted octanol–water partition coefficient (Wildman–Crippen LogP) is 3.16. The maximum Gasteiger partial charge on any atom is 0.409 e. The molecule has 0 radical (unpaired) electrons. The Hall–Kier alpha value is -2.33. The van der Waals surface area contributed by atoms with Gasteiger partial charge >= 0.3 is 6.18 Å². The Morgan fingerprint density at radius 2 is 2.07 bits per heavy atom. The van der Waals surface area contributed by atoms with E-state index in [1.807, 2.05) is 11.8 Å². The van der Waals surface area contributed by atoms with E-state index in [2.05, 4.69) is 9.97 Å². The maximum atomic E-state index is 13.6. The molecule has 7 nitrogen and oxygen atoms in total. The van der Waals surface area contributed by atoms with Crippen molar-refractivity contribution in [2.45, 2.75) is 31.6 Å². The number of nitrogens with zero attached hydrogens (tertiary/aromatic N) is 5. The highest BCUT2D eigenvalue weighted by Crippen LogP contribution is 2.40. The minimum atomic E-state index is -4.56. The van der Waals surface area contributed by atoms with Crippen LogP contribution in [0.15, 0.2) is 29.2 Å². The molecule has 11 heteroatoms. The summed E-state index contributed by atoms with van der Waals surface area (Å²) in [6, 6.07) is 2.36. The molecule has 0 spiro atoms. The third-order valence-electron chi connectivity index (χ3n) is 5.16. The first-order valence-electron chi connectivity index (χ1n) is 9.19. The summed E-state index contributed by atoms with van der Waals surface area (Å²) in [5.74, 6) is 0.284. The first kappa shape index (κ1) is 20.0. The highest BCUT2D eigenvalue weighted by atomic mass is 35.5. The largest absolute Gasteiger partial charge is 0.409 e. The molecule has 2 aliphatic heterocycles. The Kier molecular flexibility index (Phi) is 5.16. The fourth-order valence-electron chi connectivity index (χ4n) is 3.76. The van der Waals surface area contributed by atoms with Gasteiger partial charge in [-0.25, -0.2) is 4.98 Å². The molecule has 2 aliphatic rings. The topological polar surface area (TPSA) is 63.5 Å². The number of rotatable bonds is 2. The first-order valence-corrected chi connectivity index (χ1v) is 9.57. The van der Waals surface area contributed by atoms with Crippen LogP contribution in [0.3, 0.4) is 0 Å². The van der Waals surface area contributed by atoms with Crippen LogP contribution in [0.25, 0.3) is 0 Å². The van der Waals surface area contributed by atoms with Crippen LogP contribution in [-0.2, 0) is 4.74 Å². The van der Waals surface area contributed by atoms with Crippen molar-refractivity contribution in [1.82, 2.24) is 14.5 Å². The standard InChI is InChI=1S/C18H19ClF3N5O2/c1-11-10-29-7-6-25(11)15-9-16(28)27-13(18(20,21)22)3-5-26(17(27)24-15)12-2-4-23-14(19)8-12/h2,4,8-9,11,13H,3,5-7,10H2,1H3/t11-,13?/m1/s1. The van der Waals surface area contributed by atoms with Gasteiger partial charge in [-0.1, -0.05) is 11.6 Å². The van der Waals surface area contributed by atoms with Crippen LogP contribution >= 0.6 is 11.6 Å². The maximum absolute atomic E-state index is 13.6. The lowest BCUT2D eigenvalue weighted by Gasteiger charge is -2.39. The SMILES string of the molecule is C[C@@H]1COCCN1c1cc(=O)n2c(n1)N(c1ccnc(Cl)c1)CCC2C(F)(F)F. The molecular formula is C18H19ClF3N5O2. The van der Waals surface area contributed by atoms with Gasteiger partial charge < -0.3 is 14.5 Å². The molecule has 156 valence electrons. The molecule has 2 aromatic rings. The molecule has 0 bridgehead atoms. The normalized spacial score (nSPS) is 22.5. The van der Waals surface area contributed by atoms with E-state index < -0.39 is 17.8 Å². The van der Waals surface area contributed by atoms with Gasteiger partial charge in [0.25, 0.3) is 5.56 Å². The molecule has 29 heavy (non-hydrogen) atoms. The number of pyridine rings is 1. The monoisotopic (exact) mass is 429 g/mol. The molecule has 1 unspecified atom stereocenters. The van der Waals surface area contributed by atoms with Crippen molar-refractivity contribution in [3.05, 3.63) is 39.9 Å². The predicted molar refractivity (Wildman–Crippen MR) is 102 cm³/mol. The summed E-state index contributed by atoms with van der Waals surface area (Å²) in [6.45, 7) is 3.37. The second kappa shape index (κ2) is 7.49. The van der Waals surface area contributed by atoms with Gasteiger partial charge in [-0.15, -0.1) is 0 Å². The average Bonchev–Trinajstić information content (AvgIpc) is 2.66. The molecule has 4 rings (SSSR count). The van der Waals surface area contributed by atoms with E-state index in [9.17, 15) is 18.0 Å². The number of hydrogen-bond acceptors (Lipinski definition) is 6. The van der Waals surface area contributed by atoms with E-state index in [1.165, 1.54) is 18.3 Å². The summed E-state index contributed by atoms with van der Waals surface area (Å²) in [4.78, 5) is 24.7. The van der Waals surface area contributed by atoms with E-state index >= 15 is 0 Å². The molecular weight excluding hydrogens is 411 g/mol. The van der Waals surface area contributed by atoms with Crippen LogP contribution in [0.2, 0.25) is 5.15 Å². The number of aromatic nitrogens is 3. The first-order chi connectivity index (χ1) is 13.8. The van der Waals surface area contributed by atoms with Crippen molar-refractivity contribution in [3.63, 3.8) is 0 Å². The van der Waals surface area contributed by atoms with Crippen LogP contribution in [0, 0.1) is 0 Å². The second-order valence-electron chi connectivity index (χ2n) is 7.07. The van der Waals surface area contributed by atoms with Gasteiger partial charge in [0.05, 0.1) is 19.3 Å². The van der Waals surface area contributed by atoms with Crippen molar-refractivity contribution in [3.8, 4) is 0 Å². The van der Waals surface area contributed by atoms with Crippen molar-refractivity contribution < 1.29 is 17.9 Å². The Bertz CT molecular complexity index is 967. The zero-order valence-electron chi connectivity index (χ0n) is 15.6. The van der Waals surface area contributed by atoms with Crippen LogP contribution in [0.5, 0.6) is 0 Å². The van der Waals surface area contributed by atoms with Gasteiger partial charge in [0, 0.05) is 31.0 Å². The van der Waals surface area contributed by atoms with Crippen LogP contribution < -0.4 is 15.4 Å². The Labute approximate surface area is 169 Å². The molecule has 4 heterocycles. The van der Waals surface area contributed by atoms with Gasteiger partial charge in [0.1, 0.15) is 17.0 Å². The molecule has 0 aliphatic carbocycles. The molecule has 0 amide bonds. The van der Waals surface area contributed by atoms with Gasteiger partial charge in [-0.05, 0) is 25.5 Å². The third kappa shape index (κ3) is 3.78. The molecule has 1 fully saturated rings. The summed E-state index contributed by atoms with van der Waals surface area (Å²) >= 11 is 5.97.